The highest BCUT2D eigenvalue weighted by molar-refractivity contribution is 6.45. The maximum absolute atomic E-state index is 13.8. The van der Waals surface area contributed by atoms with E-state index >= 15 is 0 Å². The van der Waals surface area contributed by atoms with Crippen LogP contribution in [0.4, 0.5) is 5.69 Å². The number of anilines is 1. The molecular weight excluding hydrogens is 396 g/mol. The molecule has 4 heteroatoms. The van der Waals surface area contributed by atoms with Crippen molar-refractivity contribution in [3.05, 3.63) is 106 Å². The van der Waals surface area contributed by atoms with Gasteiger partial charge in [-0.15, -0.1) is 0 Å². The van der Waals surface area contributed by atoms with Crippen molar-refractivity contribution in [3.63, 3.8) is 0 Å². The molecule has 2 amide bonds. The van der Waals surface area contributed by atoms with Crippen LogP contribution in [0, 0.1) is 20.8 Å². The van der Waals surface area contributed by atoms with Crippen molar-refractivity contribution in [1.82, 2.24) is 4.90 Å². The predicted molar refractivity (Wildman–Crippen MR) is 129 cm³/mol. The van der Waals surface area contributed by atoms with E-state index in [-0.39, 0.29) is 11.8 Å². The molecule has 0 aromatic heterocycles. The highest BCUT2D eigenvalue weighted by Gasteiger charge is 2.42. The second kappa shape index (κ2) is 8.83. The third-order valence-corrected chi connectivity index (χ3v) is 5.92. The fourth-order valence-electron chi connectivity index (χ4n) is 4.12. The van der Waals surface area contributed by atoms with E-state index in [0.717, 1.165) is 27.8 Å². The van der Waals surface area contributed by atoms with Crippen molar-refractivity contribution < 1.29 is 9.59 Å². The first kappa shape index (κ1) is 21.6. The number of amides is 2. The summed E-state index contributed by atoms with van der Waals surface area (Å²) >= 11 is 0. The summed E-state index contributed by atoms with van der Waals surface area (Å²) in [6, 6.07) is 23.7. The lowest BCUT2D eigenvalue weighted by Crippen LogP contribution is -2.35. The summed E-state index contributed by atoms with van der Waals surface area (Å²) in [5, 5.41) is 0. The minimum absolute atomic E-state index is 0.267. The number of hydrogen-bond acceptors (Lipinski definition) is 3. The number of hydrogen-bond donors (Lipinski definition) is 0. The Morgan fingerprint density at radius 1 is 0.781 bits per heavy atom. The first-order valence-corrected chi connectivity index (χ1v) is 11.0. The zero-order chi connectivity index (χ0) is 22.8. The fraction of sp³-hybridized carbons (Fsp3) is 0.214. The van der Waals surface area contributed by atoms with Crippen LogP contribution in [-0.2, 0) is 16.1 Å². The summed E-state index contributed by atoms with van der Waals surface area (Å²) in [6.07, 6.45) is 0. The topological polar surface area (TPSA) is 40.6 Å². The summed E-state index contributed by atoms with van der Waals surface area (Å²) in [7, 11) is 0. The van der Waals surface area contributed by atoms with Gasteiger partial charge < -0.3 is 4.90 Å². The fourth-order valence-corrected chi connectivity index (χ4v) is 4.12. The molecule has 0 saturated heterocycles. The van der Waals surface area contributed by atoms with Crippen LogP contribution in [0.2, 0.25) is 0 Å². The van der Waals surface area contributed by atoms with Crippen LogP contribution in [0.15, 0.2) is 78.5 Å². The first-order chi connectivity index (χ1) is 15.4. The number of carbonyl (C=O) groups excluding carboxylic acids is 2. The van der Waals surface area contributed by atoms with Gasteiger partial charge in [0.15, 0.2) is 0 Å². The Labute approximate surface area is 189 Å². The lowest BCUT2D eigenvalue weighted by Gasteiger charge is -2.25. The molecule has 0 N–H and O–H groups in total. The number of carbonyl (C=O) groups is 2. The first-order valence-electron chi connectivity index (χ1n) is 11.0. The smallest absolute Gasteiger partial charge is 0.282 e. The van der Waals surface area contributed by atoms with Gasteiger partial charge in [-0.25, -0.2) is 4.90 Å². The number of rotatable bonds is 6. The quantitative estimate of drug-likeness (QED) is 0.496. The monoisotopic (exact) mass is 424 g/mol. The van der Waals surface area contributed by atoms with Gasteiger partial charge in [0.2, 0.25) is 0 Å². The summed E-state index contributed by atoms with van der Waals surface area (Å²) < 4.78 is 0. The van der Waals surface area contributed by atoms with Gasteiger partial charge in [-0.2, -0.15) is 0 Å². The standard InChI is InChI=1S/C28H28N2O2/c1-5-29(18-22-9-7-6-8-10-22)26-25(23-15-12-19(2)13-16-23)27(31)30(28(26)32)24-17-20(3)11-14-21(24)4/h6-17H,5,18H2,1-4H3. The SMILES string of the molecule is CCN(Cc1ccccc1)C1=C(c2ccc(C)cc2)C(=O)N(c2cc(C)ccc2C)C1=O. The molecule has 0 bridgehead atoms. The van der Waals surface area contributed by atoms with E-state index in [9.17, 15) is 9.59 Å². The molecule has 0 saturated carbocycles. The number of benzene rings is 3. The lowest BCUT2D eigenvalue weighted by atomic mass is 10.0. The summed E-state index contributed by atoms with van der Waals surface area (Å²) in [5.74, 6) is -0.536. The molecule has 4 rings (SSSR count). The molecular formula is C28H28N2O2. The molecule has 32 heavy (non-hydrogen) atoms. The highest BCUT2D eigenvalue weighted by atomic mass is 16.2. The Morgan fingerprint density at radius 2 is 1.44 bits per heavy atom. The molecule has 1 aliphatic heterocycles. The molecule has 1 aliphatic rings. The molecule has 1 heterocycles. The molecule has 0 spiro atoms. The van der Waals surface area contributed by atoms with Crippen LogP contribution in [0.3, 0.4) is 0 Å². The Kier molecular flexibility index (Phi) is 5.95. The van der Waals surface area contributed by atoms with Gasteiger partial charge in [-0.3, -0.25) is 9.59 Å². The molecule has 0 unspecified atom stereocenters. The Bertz CT molecular complexity index is 1190. The zero-order valence-electron chi connectivity index (χ0n) is 19.1. The van der Waals surface area contributed by atoms with E-state index in [2.05, 4.69) is 0 Å². The van der Waals surface area contributed by atoms with Crippen LogP contribution >= 0.6 is 0 Å². The van der Waals surface area contributed by atoms with Gasteiger partial charge in [0.1, 0.15) is 5.70 Å². The van der Waals surface area contributed by atoms with Crippen LogP contribution in [0.1, 0.15) is 34.7 Å². The van der Waals surface area contributed by atoms with Crippen molar-refractivity contribution >= 4 is 23.1 Å². The predicted octanol–water partition coefficient (Wildman–Crippen LogP) is 5.42. The third kappa shape index (κ3) is 3.96. The second-order valence-electron chi connectivity index (χ2n) is 8.33. The minimum atomic E-state index is -0.269. The molecule has 4 nitrogen and oxygen atoms in total. The average Bonchev–Trinajstić information content (AvgIpc) is 3.05. The Hall–Kier alpha value is -3.66. The molecule has 162 valence electrons. The van der Waals surface area contributed by atoms with Gasteiger partial charge >= 0.3 is 0 Å². The molecule has 0 radical (unpaired) electrons. The number of imide groups is 1. The van der Waals surface area contributed by atoms with Gasteiger partial charge in [0.25, 0.3) is 11.8 Å². The van der Waals surface area contributed by atoms with E-state index in [1.165, 1.54) is 4.90 Å². The van der Waals surface area contributed by atoms with Crippen molar-refractivity contribution in [3.8, 4) is 0 Å². The van der Waals surface area contributed by atoms with Gasteiger partial charge in [0, 0.05) is 13.1 Å². The van der Waals surface area contributed by atoms with Crippen LogP contribution in [0.5, 0.6) is 0 Å². The maximum atomic E-state index is 13.8. The van der Waals surface area contributed by atoms with E-state index in [1.807, 2.05) is 105 Å². The molecule has 3 aromatic carbocycles. The van der Waals surface area contributed by atoms with E-state index in [4.69, 9.17) is 0 Å². The Balaban J connectivity index is 1.86. The average molecular weight is 425 g/mol. The number of aryl methyl sites for hydroxylation is 3. The van der Waals surface area contributed by atoms with Crippen molar-refractivity contribution in [2.45, 2.75) is 34.2 Å². The third-order valence-electron chi connectivity index (χ3n) is 5.92. The van der Waals surface area contributed by atoms with E-state index in [1.54, 1.807) is 0 Å². The van der Waals surface area contributed by atoms with Crippen molar-refractivity contribution in [2.24, 2.45) is 0 Å². The second-order valence-corrected chi connectivity index (χ2v) is 8.33. The summed E-state index contributed by atoms with van der Waals surface area (Å²) in [5.41, 5.74) is 6.45. The van der Waals surface area contributed by atoms with Crippen LogP contribution < -0.4 is 4.90 Å². The molecule has 0 fully saturated rings. The molecule has 0 aliphatic carbocycles. The minimum Gasteiger partial charge on any atom is -0.362 e. The lowest BCUT2D eigenvalue weighted by molar-refractivity contribution is -0.120. The van der Waals surface area contributed by atoms with E-state index in [0.29, 0.717) is 30.0 Å². The number of likely N-dealkylation sites (N-methyl/N-ethyl adjacent to an activating group) is 1. The molecule has 0 atom stereocenters. The van der Waals surface area contributed by atoms with Crippen molar-refractivity contribution in [1.29, 1.82) is 0 Å². The van der Waals surface area contributed by atoms with Gasteiger partial charge in [0.05, 0.1) is 11.3 Å². The zero-order valence-corrected chi connectivity index (χ0v) is 19.1. The summed E-state index contributed by atoms with van der Waals surface area (Å²) in [6.45, 7) is 9.09. The largest absolute Gasteiger partial charge is 0.362 e. The maximum Gasteiger partial charge on any atom is 0.282 e. The highest BCUT2D eigenvalue weighted by Crippen LogP contribution is 2.37. The van der Waals surface area contributed by atoms with Gasteiger partial charge in [-0.1, -0.05) is 72.3 Å². The summed E-state index contributed by atoms with van der Waals surface area (Å²) in [4.78, 5) is 31.0. The van der Waals surface area contributed by atoms with Crippen LogP contribution in [0.25, 0.3) is 5.57 Å². The van der Waals surface area contributed by atoms with Crippen molar-refractivity contribution in [2.75, 3.05) is 11.4 Å². The Morgan fingerprint density at radius 3 is 2.09 bits per heavy atom. The molecule has 3 aromatic rings. The normalized spacial score (nSPS) is 13.8. The number of nitrogens with zero attached hydrogens (tertiary/aromatic N) is 2. The van der Waals surface area contributed by atoms with Gasteiger partial charge in [-0.05, 0) is 56.0 Å². The van der Waals surface area contributed by atoms with Crippen LogP contribution in [-0.4, -0.2) is 23.3 Å². The van der Waals surface area contributed by atoms with E-state index < -0.39 is 0 Å².